The fourth-order valence-electron chi connectivity index (χ4n) is 3.64. The number of esters is 1. The molecule has 3 aromatic rings. The summed E-state index contributed by atoms with van der Waals surface area (Å²) in [6.45, 7) is 2.16. The fourth-order valence-corrected chi connectivity index (χ4v) is 4.59. The van der Waals surface area contributed by atoms with Crippen LogP contribution < -0.4 is 0 Å². The molecular weight excluding hydrogens is 410 g/mol. The number of amides is 1. The molecule has 2 heterocycles. The number of methoxy groups -OCH3 is 1. The van der Waals surface area contributed by atoms with Crippen molar-refractivity contribution < 1.29 is 14.3 Å². The van der Waals surface area contributed by atoms with Crippen molar-refractivity contribution in [3.8, 4) is 0 Å². The molecular formula is C21H20ClN3O3S. The van der Waals surface area contributed by atoms with Crippen LogP contribution in [0.25, 0.3) is 10.2 Å². The third kappa shape index (κ3) is 3.99. The Kier molecular flexibility index (Phi) is 5.80. The predicted octanol–water partition coefficient (Wildman–Crippen LogP) is 3.62. The Labute approximate surface area is 177 Å². The third-order valence-electron chi connectivity index (χ3n) is 5.17. The van der Waals surface area contributed by atoms with Crippen molar-refractivity contribution >= 4 is 45.0 Å². The van der Waals surface area contributed by atoms with Gasteiger partial charge >= 0.3 is 5.97 Å². The van der Waals surface area contributed by atoms with Gasteiger partial charge in [-0.2, -0.15) is 0 Å². The molecule has 0 aliphatic carbocycles. The highest BCUT2D eigenvalue weighted by Gasteiger charge is 2.33. The number of carbonyl (C=O) groups excluding carboxylic acids is 2. The number of carbonyl (C=O) groups is 2. The number of rotatable bonds is 4. The summed E-state index contributed by atoms with van der Waals surface area (Å²) in [5.41, 5.74) is 4.05. The minimum absolute atomic E-state index is 0.00712. The number of hydrogen-bond acceptors (Lipinski definition) is 6. The van der Waals surface area contributed by atoms with Gasteiger partial charge in [-0.1, -0.05) is 29.8 Å². The van der Waals surface area contributed by atoms with Gasteiger partial charge in [0.1, 0.15) is 6.04 Å². The molecule has 2 aromatic carbocycles. The standard InChI is InChI=1S/C21H20ClN3O3S/c1-28-21(27)19(15-4-2-3-5-16(15)22)24-8-10-25(11-9-24)20(26)14-6-7-17-18(12-14)29-13-23-17/h2-7,12-13,19H,8-11H2,1H3. The number of benzene rings is 2. The molecule has 1 unspecified atom stereocenters. The first-order valence-corrected chi connectivity index (χ1v) is 10.5. The molecule has 1 atom stereocenters. The highest BCUT2D eigenvalue weighted by Crippen LogP contribution is 2.30. The molecule has 0 N–H and O–H groups in total. The molecule has 0 saturated carbocycles. The zero-order chi connectivity index (χ0) is 20.4. The summed E-state index contributed by atoms with van der Waals surface area (Å²) in [5, 5.41) is 0.527. The lowest BCUT2D eigenvalue weighted by molar-refractivity contribution is -0.148. The molecule has 8 heteroatoms. The zero-order valence-electron chi connectivity index (χ0n) is 15.9. The number of nitrogens with zero attached hydrogens (tertiary/aromatic N) is 3. The van der Waals surface area contributed by atoms with Crippen molar-refractivity contribution in [2.45, 2.75) is 6.04 Å². The molecule has 6 nitrogen and oxygen atoms in total. The number of aromatic nitrogens is 1. The van der Waals surface area contributed by atoms with E-state index in [9.17, 15) is 9.59 Å². The average molecular weight is 430 g/mol. The summed E-state index contributed by atoms with van der Waals surface area (Å²) in [6, 6.07) is 12.3. The summed E-state index contributed by atoms with van der Waals surface area (Å²) in [5.74, 6) is -0.360. The van der Waals surface area contributed by atoms with Crippen molar-refractivity contribution in [3.63, 3.8) is 0 Å². The topological polar surface area (TPSA) is 62.7 Å². The molecule has 1 saturated heterocycles. The van der Waals surface area contributed by atoms with Crippen LogP contribution >= 0.6 is 22.9 Å². The molecule has 0 radical (unpaired) electrons. The number of thiazole rings is 1. The van der Waals surface area contributed by atoms with Crippen molar-refractivity contribution in [1.82, 2.24) is 14.8 Å². The first kappa shape index (κ1) is 19.8. The lowest BCUT2D eigenvalue weighted by atomic mass is 10.0. The molecule has 1 aromatic heterocycles. The second kappa shape index (κ2) is 8.49. The van der Waals surface area contributed by atoms with Gasteiger partial charge in [-0.3, -0.25) is 9.69 Å². The lowest BCUT2D eigenvalue weighted by Gasteiger charge is -2.38. The van der Waals surface area contributed by atoms with Crippen LogP contribution in [-0.2, 0) is 9.53 Å². The van der Waals surface area contributed by atoms with E-state index in [0.29, 0.717) is 36.8 Å². The van der Waals surface area contributed by atoms with E-state index < -0.39 is 6.04 Å². The Balaban J connectivity index is 1.49. The van der Waals surface area contributed by atoms with E-state index in [-0.39, 0.29) is 11.9 Å². The largest absolute Gasteiger partial charge is 0.468 e. The molecule has 1 fully saturated rings. The number of piperazine rings is 1. The first-order chi connectivity index (χ1) is 14.1. The van der Waals surface area contributed by atoms with E-state index in [2.05, 4.69) is 4.98 Å². The molecule has 0 spiro atoms. The van der Waals surface area contributed by atoms with E-state index in [0.717, 1.165) is 15.8 Å². The average Bonchev–Trinajstić information content (AvgIpc) is 3.23. The van der Waals surface area contributed by atoms with Gasteiger partial charge in [0.25, 0.3) is 5.91 Å². The molecule has 0 bridgehead atoms. The summed E-state index contributed by atoms with van der Waals surface area (Å²) in [6.07, 6.45) is 0. The summed E-state index contributed by atoms with van der Waals surface area (Å²) in [4.78, 5) is 33.5. The number of hydrogen-bond donors (Lipinski definition) is 0. The molecule has 1 aliphatic rings. The van der Waals surface area contributed by atoms with Crippen LogP contribution in [-0.4, -0.2) is 59.9 Å². The van der Waals surface area contributed by atoms with Crippen LogP contribution in [0.2, 0.25) is 5.02 Å². The molecule has 150 valence electrons. The van der Waals surface area contributed by atoms with Gasteiger partial charge in [0.15, 0.2) is 0 Å². The fraction of sp³-hybridized carbons (Fsp3) is 0.286. The summed E-state index contributed by atoms with van der Waals surface area (Å²) < 4.78 is 6.03. The minimum atomic E-state index is -0.584. The van der Waals surface area contributed by atoms with E-state index >= 15 is 0 Å². The van der Waals surface area contributed by atoms with E-state index in [4.69, 9.17) is 16.3 Å². The van der Waals surface area contributed by atoms with Gasteiger partial charge in [-0.05, 0) is 29.8 Å². The van der Waals surface area contributed by atoms with Crippen molar-refractivity contribution in [3.05, 3.63) is 64.1 Å². The second-order valence-corrected chi connectivity index (χ2v) is 8.10. The normalized spacial score (nSPS) is 16.0. The maximum Gasteiger partial charge on any atom is 0.327 e. The zero-order valence-corrected chi connectivity index (χ0v) is 17.4. The van der Waals surface area contributed by atoms with Crippen LogP contribution in [0.5, 0.6) is 0 Å². The maximum absolute atomic E-state index is 12.9. The maximum atomic E-state index is 12.9. The highest BCUT2D eigenvalue weighted by molar-refractivity contribution is 7.16. The van der Waals surface area contributed by atoms with Crippen LogP contribution in [0.3, 0.4) is 0 Å². The summed E-state index contributed by atoms with van der Waals surface area (Å²) in [7, 11) is 1.38. The monoisotopic (exact) mass is 429 g/mol. The van der Waals surface area contributed by atoms with Gasteiger partial charge in [0.2, 0.25) is 0 Å². The Morgan fingerprint density at radius 1 is 1.14 bits per heavy atom. The van der Waals surface area contributed by atoms with Gasteiger partial charge in [0.05, 0.1) is 22.8 Å². The van der Waals surface area contributed by atoms with Gasteiger partial charge in [-0.25, -0.2) is 9.78 Å². The number of halogens is 1. The van der Waals surface area contributed by atoms with Gasteiger partial charge < -0.3 is 9.64 Å². The minimum Gasteiger partial charge on any atom is -0.468 e. The quantitative estimate of drug-likeness (QED) is 0.593. The second-order valence-electron chi connectivity index (χ2n) is 6.81. The lowest BCUT2D eigenvalue weighted by Crippen LogP contribution is -2.51. The summed E-state index contributed by atoms with van der Waals surface area (Å²) >= 11 is 7.85. The van der Waals surface area contributed by atoms with Crippen molar-refractivity contribution in [1.29, 1.82) is 0 Å². The Bertz CT molecular complexity index is 1050. The van der Waals surface area contributed by atoms with Crippen LogP contribution in [0.4, 0.5) is 0 Å². The SMILES string of the molecule is COC(=O)C(c1ccccc1Cl)N1CCN(C(=O)c2ccc3ncsc3c2)CC1. The smallest absolute Gasteiger partial charge is 0.327 e. The third-order valence-corrected chi connectivity index (χ3v) is 6.31. The van der Waals surface area contributed by atoms with E-state index in [1.807, 2.05) is 46.2 Å². The molecule has 1 amide bonds. The highest BCUT2D eigenvalue weighted by atomic mass is 35.5. The van der Waals surface area contributed by atoms with Crippen molar-refractivity contribution in [2.75, 3.05) is 33.3 Å². The van der Waals surface area contributed by atoms with Crippen LogP contribution in [0.15, 0.2) is 48.0 Å². The van der Waals surface area contributed by atoms with E-state index in [1.165, 1.54) is 18.4 Å². The van der Waals surface area contributed by atoms with E-state index in [1.54, 1.807) is 11.6 Å². The van der Waals surface area contributed by atoms with Gasteiger partial charge in [0, 0.05) is 36.8 Å². The van der Waals surface area contributed by atoms with Crippen LogP contribution in [0.1, 0.15) is 22.0 Å². The number of fused-ring (bicyclic) bond motifs is 1. The van der Waals surface area contributed by atoms with Gasteiger partial charge in [-0.15, -0.1) is 11.3 Å². The molecule has 29 heavy (non-hydrogen) atoms. The first-order valence-electron chi connectivity index (χ1n) is 9.27. The molecule has 1 aliphatic heterocycles. The Morgan fingerprint density at radius 3 is 2.62 bits per heavy atom. The predicted molar refractivity (Wildman–Crippen MR) is 113 cm³/mol. The Morgan fingerprint density at radius 2 is 1.90 bits per heavy atom. The van der Waals surface area contributed by atoms with Crippen LogP contribution in [0, 0.1) is 0 Å². The van der Waals surface area contributed by atoms with Crippen molar-refractivity contribution in [2.24, 2.45) is 0 Å². The Hall–Kier alpha value is -2.48. The molecule has 4 rings (SSSR count). The number of ether oxygens (including phenoxy) is 1.